The molecule has 1 aromatic heterocycles. The van der Waals surface area contributed by atoms with E-state index in [2.05, 4.69) is 26.1 Å². The predicted octanol–water partition coefficient (Wildman–Crippen LogP) is 1.68. The minimum absolute atomic E-state index is 1.06. The van der Waals surface area contributed by atoms with Gasteiger partial charge in [-0.25, -0.2) is 0 Å². The largest absolute Gasteiger partial charge is 0.370 e. The summed E-state index contributed by atoms with van der Waals surface area (Å²) in [5, 5.41) is 8.38. The monoisotopic (exact) mass is 218 g/mol. The van der Waals surface area contributed by atoms with E-state index in [0.717, 1.165) is 18.9 Å². The van der Waals surface area contributed by atoms with Crippen molar-refractivity contribution >= 4 is 11.5 Å². The van der Waals surface area contributed by atoms with Crippen LogP contribution in [0.3, 0.4) is 0 Å². The van der Waals surface area contributed by atoms with Crippen molar-refractivity contribution in [3.8, 4) is 0 Å². The van der Waals surface area contributed by atoms with Crippen molar-refractivity contribution in [1.29, 1.82) is 0 Å². The van der Waals surface area contributed by atoms with Crippen molar-refractivity contribution in [2.75, 3.05) is 36.0 Å². The van der Waals surface area contributed by atoms with Gasteiger partial charge in [-0.2, -0.15) is 5.10 Å². The summed E-state index contributed by atoms with van der Waals surface area (Å²) >= 11 is 0. The molecule has 0 atom stereocenters. The van der Waals surface area contributed by atoms with Gasteiger partial charge in [-0.1, -0.05) is 0 Å². The van der Waals surface area contributed by atoms with Crippen LogP contribution in [0.4, 0.5) is 11.5 Å². The Balaban J connectivity index is 1.81. The lowest BCUT2D eigenvalue weighted by atomic mass is 10.4. The Hall–Kier alpha value is -1.32. The van der Waals surface area contributed by atoms with Gasteiger partial charge in [-0.05, 0) is 25.7 Å². The number of hydrogen-bond donors (Lipinski definition) is 0. The summed E-state index contributed by atoms with van der Waals surface area (Å²) in [6.07, 6.45) is 7.08. The third kappa shape index (κ3) is 1.84. The second kappa shape index (κ2) is 4.28. The van der Waals surface area contributed by atoms with Gasteiger partial charge in [-0.3, -0.25) is 0 Å². The first-order chi connectivity index (χ1) is 7.93. The lowest BCUT2D eigenvalue weighted by molar-refractivity contribution is 0.878. The van der Waals surface area contributed by atoms with E-state index in [1.165, 1.54) is 44.5 Å². The number of anilines is 2. The Labute approximate surface area is 96.3 Å². The van der Waals surface area contributed by atoms with Crippen molar-refractivity contribution in [3.63, 3.8) is 0 Å². The van der Waals surface area contributed by atoms with Crippen LogP contribution in [-0.4, -0.2) is 36.4 Å². The molecule has 1 aromatic rings. The Kier molecular flexibility index (Phi) is 2.64. The Bertz CT molecular complexity index is 323. The molecule has 0 radical (unpaired) electrons. The van der Waals surface area contributed by atoms with Crippen molar-refractivity contribution in [1.82, 2.24) is 10.2 Å². The van der Waals surface area contributed by atoms with E-state index in [1.807, 2.05) is 6.20 Å². The van der Waals surface area contributed by atoms with Crippen LogP contribution >= 0.6 is 0 Å². The van der Waals surface area contributed by atoms with E-state index in [4.69, 9.17) is 0 Å². The molecule has 0 saturated carbocycles. The predicted molar refractivity (Wildman–Crippen MR) is 64.9 cm³/mol. The average Bonchev–Trinajstić information content (AvgIpc) is 3.03. The van der Waals surface area contributed by atoms with Crippen LogP contribution in [0.1, 0.15) is 25.7 Å². The fourth-order valence-electron chi connectivity index (χ4n) is 2.59. The fourth-order valence-corrected chi connectivity index (χ4v) is 2.59. The fraction of sp³-hybridized carbons (Fsp3) is 0.667. The van der Waals surface area contributed by atoms with E-state index >= 15 is 0 Å². The third-order valence-corrected chi connectivity index (χ3v) is 3.53. The maximum Gasteiger partial charge on any atom is 0.153 e. The molecule has 4 nitrogen and oxygen atoms in total. The minimum atomic E-state index is 1.06. The third-order valence-electron chi connectivity index (χ3n) is 3.53. The molecule has 3 rings (SSSR count). The second-order valence-electron chi connectivity index (χ2n) is 4.66. The van der Waals surface area contributed by atoms with Crippen molar-refractivity contribution in [2.24, 2.45) is 0 Å². The zero-order chi connectivity index (χ0) is 10.8. The topological polar surface area (TPSA) is 32.3 Å². The van der Waals surface area contributed by atoms with Crippen molar-refractivity contribution in [2.45, 2.75) is 25.7 Å². The van der Waals surface area contributed by atoms with Gasteiger partial charge in [0.2, 0.25) is 0 Å². The van der Waals surface area contributed by atoms with E-state index in [0.29, 0.717) is 0 Å². The molecule has 0 unspecified atom stereocenters. The lowest BCUT2D eigenvalue weighted by Crippen LogP contribution is -2.22. The molecule has 0 amide bonds. The molecular weight excluding hydrogens is 200 g/mol. The summed E-state index contributed by atoms with van der Waals surface area (Å²) < 4.78 is 0. The van der Waals surface area contributed by atoms with Gasteiger partial charge in [0.1, 0.15) is 0 Å². The lowest BCUT2D eigenvalue weighted by Gasteiger charge is -2.20. The average molecular weight is 218 g/mol. The van der Waals surface area contributed by atoms with Crippen molar-refractivity contribution in [3.05, 3.63) is 12.3 Å². The smallest absolute Gasteiger partial charge is 0.153 e. The van der Waals surface area contributed by atoms with Gasteiger partial charge >= 0.3 is 0 Å². The maximum absolute atomic E-state index is 4.24. The first-order valence-electron chi connectivity index (χ1n) is 6.26. The Morgan fingerprint density at radius 2 is 1.50 bits per heavy atom. The molecule has 86 valence electrons. The van der Waals surface area contributed by atoms with Crippen LogP contribution in [0, 0.1) is 0 Å². The summed E-state index contributed by atoms with van der Waals surface area (Å²) in [7, 11) is 0. The molecule has 2 aliphatic rings. The molecule has 0 aromatic carbocycles. The summed E-state index contributed by atoms with van der Waals surface area (Å²) in [5.41, 5.74) is 1.24. The Morgan fingerprint density at radius 1 is 0.875 bits per heavy atom. The van der Waals surface area contributed by atoms with Crippen LogP contribution in [-0.2, 0) is 0 Å². The Morgan fingerprint density at radius 3 is 2.19 bits per heavy atom. The normalized spacial score (nSPS) is 20.8. The minimum Gasteiger partial charge on any atom is -0.370 e. The van der Waals surface area contributed by atoms with Crippen LogP contribution < -0.4 is 9.80 Å². The zero-order valence-corrected chi connectivity index (χ0v) is 9.60. The molecule has 3 heterocycles. The number of nitrogens with zero attached hydrogens (tertiary/aromatic N) is 4. The first-order valence-corrected chi connectivity index (χ1v) is 6.26. The van der Waals surface area contributed by atoms with Gasteiger partial charge in [0.05, 0.1) is 11.9 Å². The first kappa shape index (κ1) is 9.87. The summed E-state index contributed by atoms with van der Waals surface area (Å²) in [6, 6.07) is 2.20. The molecule has 4 heteroatoms. The summed E-state index contributed by atoms with van der Waals surface area (Å²) in [6.45, 7) is 4.62. The molecule has 2 fully saturated rings. The molecule has 2 aliphatic heterocycles. The van der Waals surface area contributed by atoms with Gasteiger partial charge < -0.3 is 9.80 Å². The highest BCUT2D eigenvalue weighted by atomic mass is 15.3. The highest BCUT2D eigenvalue weighted by Crippen LogP contribution is 2.24. The zero-order valence-electron chi connectivity index (χ0n) is 9.60. The molecule has 0 spiro atoms. The van der Waals surface area contributed by atoms with Gasteiger partial charge in [0.25, 0.3) is 0 Å². The van der Waals surface area contributed by atoms with Crippen LogP contribution in [0.2, 0.25) is 0 Å². The molecular formula is C12H18N4. The SMILES string of the molecule is c1nnc(N2CCCC2)cc1N1CCCC1. The van der Waals surface area contributed by atoms with Gasteiger partial charge in [0, 0.05) is 32.2 Å². The number of aromatic nitrogens is 2. The molecule has 2 saturated heterocycles. The van der Waals surface area contributed by atoms with E-state index < -0.39 is 0 Å². The number of hydrogen-bond acceptors (Lipinski definition) is 4. The van der Waals surface area contributed by atoms with Gasteiger partial charge in [0.15, 0.2) is 5.82 Å². The standard InChI is InChI=1S/C12H18N4/c1-2-6-15(5-1)11-9-12(14-13-10-11)16-7-3-4-8-16/h9-10H,1-8H2. The van der Waals surface area contributed by atoms with Crippen molar-refractivity contribution < 1.29 is 0 Å². The quantitative estimate of drug-likeness (QED) is 0.756. The molecule has 0 bridgehead atoms. The highest BCUT2D eigenvalue weighted by molar-refractivity contribution is 5.54. The van der Waals surface area contributed by atoms with Gasteiger partial charge in [-0.15, -0.1) is 5.10 Å². The summed E-state index contributed by atoms with van der Waals surface area (Å²) in [4.78, 5) is 4.75. The molecule has 0 N–H and O–H groups in total. The van der Waals surface area contributed by atoms with E-state index in [-0.39, 0.29) is 0 Å². The molecule has 0 aliphatic carbocycles. The molecule has 16 heavy (non-hydrogen) atoms. The van der Waals surface area contributed by atoms with Crippen LogP contribution in [0.25, 0.3) is 0 Å². The summed E-state index contributed by atoms with van der Waals surface area (Å²) in [5.74, 6) is 1.06. The van der Waals surface area contributed by atoms with E-state index in [1.54, 1.807) is 0 Å². The highest BCUT2D eigenvalue weighted by Gasteiger charge is 2.17. The van der Waals surface area contributed by atoms with E-state index in [9.17, 15) is 0 Å². The maximum atomic E-state index is 4.24. The number of rotatable bonds is 2. The second-order valence-corrected chi connectivity index (χ2v) is 4.66. The van der Waals surface area contributed by atoms with Crippen LogP contribution in [0.15, 0.2) is 12.3 Å². The van der Waals surface area contributed by atoms with Crippen LogP contribution in [0.5, 0.6) is 0 Å².